The number of ether oxygens (including phenoxy) is 1. The molecule has 11 heavy (non-hydrogen) atoms. The summed E-state index contributed by atoms with van der Waals surface area (Å²) in [6.07, 6.45) is 0. The van der Waals surface area contributed by atoms with Crippen molar-refractivity contribution in [1.29, 1.82) is 0 Å². The summed E-state index contributed by atoms with van der Waals surface area (Å²) in [5.74, 6) is 0.608. The van der Waals surface area contributed by atoms with Gasteiger partial charge in [0.2, 0.25) is 0 Å². The highest BCUT2D eigenvalue weighted by atomic mass is 35.5. The molecule has 0 aliphatic heterocycles. The second kappa shape index (κ2) is 3.37. The molecule has 0 N–H and O–H groups in total. The molecule has 2 radical (unpaired) electrons. The first kappa shape index (κ1) is 8.76. The van der Waals surface area contributed by atoms with Gasteiger partial charge in [-0.15, -0.1) is 0 Å². The molecule has 0 spiro atoms. The second-order valence-corrected chi connectivity index (χ2v) is 2.80. The van der Waals surface area contributed by atoms with E-state index in [4.69, 9.17) is 35.8 Å². The first-order chi connectivity index (χ1) is 5.15. The van der Waals surface area contributed by atoms with Gasteiger partial charge in [-0.2, -0.15) is 0 Å². The number of hydrogen-bond donors (Lipinski definition) is 0. The summed E-state index contributed by atoms with van der Waals surface area (Å²) in [5.41, 5.74) is 0.427. The fourth-order valence-corrected chi connectivity index (χ4v) is 1.03. The van der Waals surface area contributed by atoms with Crippen molar-refractivity contribution in [2.24, 2.45) is 0 Å². The molecule has 0 atom stereocenters. The van der Waals surface area contributed by atoms with Crippen molar-refractivity contribution in [1.82, 2.24) is 0 Å². The maximum atomic E-state index is 5.71. The predicted molar refractivity (Wildman–Crippen MR) is 48.4 cm³/mol. The van der Waals surface area contributed by atoms with Gasteiger partial charge in [0, 0.05) is 6.07 Å². The number of methoxy groups -OCH3 is 1. The van der Waals surface area contributed by atoms with E-state index in [-0.39, 0.29) is 0 Å². The lowest BCUT2D eigenvalue weighted by molar-refractivity contribution is 0.415. The van der Waals surface area contributed by atoms with Crippen molar-refractivity contribution < 1.29 is 4.74 Å². The largest absolute Gasteiger partial charge is 0.497 e. The quantitative estimate of drug-likeness (QED) is 0.608. The molecule has 0 unspecified atom stereocenters. The Morgan fingerprint density at radius 1 is 1.36 bits per heavy atom. The third-order valence-corrected chi connectivity index (χ3v) is 2.08. The van der Waals surface area contributed by atoms with Gasteiger partial charge < -0.3 is 4.74 Å². The molecule has 0 heterocycles. The molecule has 0 bridgehead atoms. The van der Waals surface area contributed by atoms with E-state index in [1.54, 1.807) is 19.2 Å². The number of rotatable bonds is 1. The zero-order chi connectivity index (χ0) is 8.43. The van der Waals surface area contributed by atoms with Crippen molar-refractivity contribution in [3.8, 4) is 5.75 Å². The van der Waals surface area contributed by atoms with Crippen LogP contribution in [0.3, 0.4) is 0 Å². The van der Waals surface area contributed by atoms with Gasteiger partial charge in [-0.3, -0.25) is 0 Å². The van der Waals surface area contributed by atoms with Crippen LogP contribution in [0.15, 0.2) is 12.1 Å². The van der Waals surface area contributed by atoms with Crippen LogP contribution in [0.4, 0.5) is 0 Å². The summed E-state index contributed by atoms with van der Waals surface area (Å²) in [4.78, 5) is 0. The van der Waals surface area contributed by atoms with Crippen molar-refractivity contribution in [2.45, 2.75) is 0 Å². The third-order valence-electron chi connectivity index (χ3n) is 1.27. The van der Waals surface area contributed by atoms with E-state index in [1.165, 1.54) is 0 Å². The monoisotopic (exact) mass is 186 g/mol. The van der Waals surface area contributed by atoms with Crippen molar-refractivity contribution in [3.63, 3.8) is 0 Å². The van der Waals surface area contributed by atoms with Crippen LogP contribution in [-0.2, 0) is 0 Å². The number of hydrogen-bond acceptors (Lipinski definition) is 1. The third kappa shape index (κ3) is 1.82. The summed E-state index contributed by atoms with van der Waals surface area (Å²) >= 11 is 11.4. The molecule has 0 saturated heterocycles. The Labute approximate surface area is 76.7 Å². The van der Waals surface area contributed by atoms with Crippen LogP contribution in [0.5, 0.6) is 5.75 Å². The van der Waals surface area contributed by atoms with Crippen molar-refractivity contribution in [3.05, 3.63) is 22.2 Å². The van der Waals surface area contributed by atoms with Crippen LogP contribution in [-0.4, -0.2) is 15.0 Å². The van der Waals surface area contributed by atoms with Crippen LogP contribution >= 0.6 is 23.2 Å². The molecule has 1 nitrogen and oxygen atoms in total. The highest BCUT2D eigenvalue weighted by Crippen LogP contribution is 2.23. The molecule has 1 aromatic rings. The van der Waals surface area contributed by atoms with Gasteiger partial charge in [0.15, 0.2) is 0 Å². The summed E-state index contributed by atoms with van der Waals surface area (Å²) < 4.78 is 4.91. The average Bonchev–Trinajstić information content (AvgIpc) is 1.99. The summed E-state index contributed by atoms with van der Waals surface area (Å²) in [6, 6.07) is 3.23. The minimum atomic E-state index is 0.368. The first-order valence-electron chi connectivity index (χ1n) is 2.93. The Balaban J connectivity index is 3.21. The first-order valence-corrected chi connectivity index (χ1v) is 3.69. The van der Waals surface area contributed by atoms with E-state index in [9.17, 15) is 0 Å². The van der Waals surface area contributed by atoms with Crippen LogP contribution in [0.2, 0.25) is 10.0 Å². The van der Waals surface area contributed by atoms with E-state index in [0.29, 0.717) is 21.3 Å². The van der Waals surface area contributed by atoms with Gasteiger partial charge in [-0.05, 0) is 6.07 Å². The minimum Gasteiger partial charge on any atom is -0.497 e. The van der Waals surface area contributed by atoms with Gasteiger partial charge in [-0.1, -0.05) is 28.7 Å². The van der Waals surface area contributed by atoms with Gasteiger partial charge in [0.25, 0.3) is 0 Å². The fraction of sp³-hybridized carbons (Fsp3) is 0.143. The summed E-state index contributed by atoms with van der Waals surface area (Å²) in [7, 11) is 7.04. The van der Waals surface area contributed by atoms with Gasteiger partial charge >= 0.3 is 0 Å². The molecule has 0 aromatic heterocycles. The number of benzene rings is 1. The van der Waals surface area contributed by atoms with Crippen LogP contribution in [0.1, 0.15) is 0 Å². The second-order valence-electron chi connectivity index (χ2n) is 2.01. The highest BCUT2D eigenvalue weighted by Gasteiger charge is 2.02. The topological polar surface area (TPSA) is 9.23 Å². The van der Waals surface area contributed by atoms with Gasteiger partial charge in [0.05, 0.1) is 17.2 Å². The SMILES string of the molecule is [B]c1cc(OC)cc(Cl)c1Cl. The minimum absolute atomic E-state index is 0.368. The van der Waals surface area contributed by atoms with Gasteiger partial charge in [-0.25, -0.2) is 0 Å². The maximum Gasteiger partial charge on any atom is 0.119 e. The van der Waals surface area contributed by atoms with E-state index in [0.717, 1.165) is 0 Å². The standard InChI is InChI=1S/C7H5BCl2O/c1-11-4-2-5(8)7(10)6(9)3-4/h2-3H,1H3. The molecule has 0 saturated carbocycles. The lowest BCUT2D eigenvalue weighted by Crippen LogP contribution is -2.04. The Morgan fingerprint density at radius 2 is 2.00 bits per heavy atom. The molecule has 1 rings (SSSR count). The summed E-state index contributed by atoms with van der Waals surface area (Å²) in [5, 5.41) is 0.774. The van der Waals surface area contributed by atoms with E-state index < -0.39 is 0 Å². The predicted octanol–water partition coefficient (Wildman–Crippen LogP) is 1.80. The Bertz CT molecular complexity index is 252. The molecule has 56 valence electrons. The maximum absolute atomic E-state index is 5.71. The van der Waals surface area contributed by atoms with Crippen LogP contribution in [0.25, 0.3) is 0 Å². The van der Waals surface area contributed by atoms with Crippen molar-refractivity contribution >= 4 is 36.5 Å². The van der Waals surface area contributed by atoms with Crippen molar-refractivity contribution in [2.75, 3.05) is 7.11 Å². The number of halogens is 2. The molecule has 0 aliphatic rings. The molecular weight excluding hydrogens is 182 g/mol. The Hall–Kier alpha value is -0.335. The van der Waals surface area contributed by atoms with E-state index >= 15 is 0 Å². The summed E-state index contributed by atoms with van der Waals surface area (Å²) in [6.45, 7) is 0. The average molecular weight is 187 g/mol. The van der Waals surface area contributed by atoms with E-state index in [1.807, 2.05) is 0 Å². The lowest BCUT2D eigenvalue weighted by atomic mass is 9.96. The molecule has 4 heteroatoms. The van der Waals surface area contributed by atoms with Gasteiger partial charge in [0.1, 0.15) is 13.6 Å². The molecule has 0 aliphatic carbocycles. The highest BCUT2D eigenvalue weighted by molar-refractivity contribution is 6.50. The zero-order valence-electron chi connectivity index (χ0n) is 5.90. The zero-order valence-corrected chi connectivity index (χ0v) is 7.41. The van der Waals surface area contributed by atoms with Crippen LogP contribution < -0.4 is 10.2 Å². The molecule has 0 amide bonds. The molecule has 0 fully saturated rings. The normalized spacial score (nSPS) is 9.73. The van der Waals surface area contributed by atoms with E-state index in [2.05, 4.69) is 0 Å². The smallest absolute Gasteiger partial charge is 0.119 e. The Kier molecular flexibility index (Phi) is 2.69. The van der Waals surface area contributed by atoms with Crippen LogP contribution in [0, 0.1) is 0 Å². The Morgan fingerprint density at radius 3 is 2.45 bits per heavy atom. The fourth-order valence-electron chi connectivity index (χ4n) is 0.702. The molecule has 1 aromatic carbocycles. The lowest BCUT2D eigenvalue weighted by Gasteiger charge is -2.04. The molecular formula is C7H5BCl2O.